The minimum absolute atomic E-state index is 0.0473. The van der Waals surface area contributed by atoms with Gasteiger partial charge in [-0.3, -0.25) is 9.59 Å². The lowest BCUT2D eigenvalue weighted by Crippen LogP contribution is -2.15. The molecule has 0 bridgehead atoms. The fourth-order valence-electron chi connectivity index (χ4n) is 2.91. The minimum atomic E-state index is -0.0678. The second kappa shape index (κ2) is 7.83. The van der Waals surface area contributed by atoms with E-state index in [1.54, 1.807) is 0 Å². The molecule has 1 aliphatic heterocycles. The maximum Gasteiger partial charge on any atom is 0.228 e. The molecular formula is C20H22N2O3. The first-order valence-electron chi connectivity index (χ1n) is 8.58. The molecule has 1 aliphatic rings. The molecule has 0 saturated carbocycles. The van der Waals surface area contributed by atoms with Crippen LogP contribution in [0.2, 0.25) is 0 Å². The van der Waals surface area contributed by atoms with Gasteiger partial charge in [0.2, 0.25) is 11.8 Å². The van der Waals surface area contributed by atoms with Crippen molar-refractivity contribution >= 4 is 23.2 Å². The topological polar surface area (TPSA) is 67.4 Å². The zero-order valence-electron chi connectivity index (χ0n) is 14.3. The fourth-order valence-corrected chi connectivity index (χ4v) is 2.91. The Morgan fingerprint density at radius 1 is 1.16 bits per heavy atom. The van der Waals surface area contributed by atoms with Gasteiger partial charge in [-0.1, -0.05) is 12.1 Å². The maximum absolute atomic E-state index is 12.3. The number of amides is 2. The van der Waals surface area contributed by atoms with Crippen LogP contribution in [0, 0.1) is 0 Å². The van der Waals surface area contributed by atoms with E-state index in [-0.39, 0.29) is 11.8 Å². The van der Waals surface area contributed by atoms with E-state index < -0.39 is 0 Å². The van der Waals surface area contributed by atoms with E-state index in [2.05, 4.69) is 10.6 Å². The minimum Gasteiger partial charge on any atom is -0.494 e. The van der Waals surface area contributed by atoms with Crippen LogP contribution in [-0.2, 0) is 22.4 Å². The van der Waals surface area contributed by atoms with Gasteiger partial charge in [0.1, 0.15) is 5.75 Å². The summed E-state index contributed by atoms with van der Waals surface area (Å²) in [7, 11) is 0. The number of ether oxygens (including phenoxy) is 1. The summed E-state index contributed by atoms with van der Waals surface area (Å²) in [6.45, 7) is 2.56. The van der Waals surface area contributed by atoms with Crippen LogP contribution in [0.4, 0.5) is 11.4 Å². The molecule has 2 aromatic rings. The number of fused-ring (bicyclic) bond motifs is 1. The summed E-state index contributed by atoms with van der Waals surface area (Å²) in [5.41, 5.74) is 3.59. The van der Waals surface area contributed by atoms with Gasteiger partial charge < -0.3 is 15.4 Å². The first-order chi connectivity index (χ1) is 12.1. The third kappa shape index (κ3) is 4.59. The van der Waals surface area contributed by atoms with Crippen LogP contribution in [0.25, 0.3) is 0 Å². The van der Waals surface area contributed by atoms with Crippen LogP contribution in [-0.4, -0.2) is 18.4 Å². The zero-order valence-corrected chi connectivity index (χ0v) is 14.3. The molecule has 5 nitrogen and oxygen atoms in total. The van der Waals surface area contributed by atoms with E-state index in [4.69, 9.17) is 4.74 Å². The molecule has 1 heterocycles. The number of nitrogens with one attached hydrogen (secondary N) is 2. The van der Waals surface area contributed by atoms with Gasteiger partial charge in [0.05, 0.1) is 13.0 Å². The molecule has 2 N–H and O–H groups in total. The van der Waals surface area contributed by atoms with Crippen LogP contribution >= 0.6 is 0 Å². The van der Waals surface area contributed by atoms with Crippen molar-refractivity contribution in [1.82, 2.24) is 0 Å². The number of hydrogen-bond donors (Lipinski definition) is 2. The highest BCUT2D eigenvalue weighted by Gasteiger charge is 2.13. The van der Waals surface area contributed by atoms with Crippen molar-refractivity contribution < 1.29 is 14.3 Å². The predicted molar refractivity (Wildman–Crippen MR) is 98.0 cm³/mol. The predicted octanol–water partition coefficient (Wildman–Crippen LogP) is 3.54. The number of anilines is 2. The molecule has 0 aliphatic carbocycles. The molecular weight excluding hydrogens is 316 g/mol. The maximum atomic E-state index is 12.3. The lowest BCUT2D eigenvalue weighted by Gasteiger charge is -2.11. The number of carbonyl (C=O) groups excluding carboxylic acids is 2. The van der Waals surface area contributed by atoms with E-state index in [0.29, 0.717) is 19.4 Å². The van der Waals surface area contributed by atoms with E-state index in [1.807, 2.05) is 49.4 Å². The first-order valence-corrected chi connectivity index (χ1v) is 8.58. The number of benzene rings is 2. The van der Waals surface area contributed by atoms with Gasteiger partial charge in [0, 0.05) is 17.8 Å². The third-order valence-electron chi connectivity index (χ3n) is 4.11. The highest BCUT2D eigenvalue weighted by molar-refractivity contribution is 5.95. The molecule has 3 rings (SSSR count). The molecule has 0 spiro atoms. The van der Waals surface area contributed by atoms with Crippen LogP contribution in [0.5, 0.6) is 5.75 Å². The van der Waals surface area contributed by atoms with E-state index >= 15 is 0 Å². The summed E-state index contributed by atoms with van der Waals surface area (Å²) < 4.78 is 5.40. The molecule has 0 unspecified atom stereocenters. The summed E-state index contributed by atoms with van der Waals surface area (Å²) in [6.07, 6.45) is 2.49. The van der Waals surface area contributed by atoms with E-state index in [9.17, 15) is 9.59 Å². The van der Waals surface area contributed by atoms with Crippen molar-refractivity contribution in [1.29, 1.82) is 0 Å². The van der Waals surface area contributed by atoms with E-state index in [1.165, 1.54) is 0 Å². The Bertz CT molecular complexity index is 769. The van der Waals surface area contributed by atoms with Crippen LogP contribution in [0.15, 0.2) is 42.5 Å². The van der Waals surface area contributed by atoms with Gasteiger partial charge in [-0.2, -0.15) is 0 Å². The van der Waals surface area contributed by atoms with Crippen molar-refractivity contribution in [3.8, 4) is 5.75 Å². The number of carbonyl (C=O) groups is 2. The quantitative estimate of drug-likeness (QED) is 0.876. The molecule has 0 atom stereocenters. The summed E-state index contributed by atoms with van der Waals surface area (Å²) in [6, 6.07) is 13.2. The smallest absolute Gasteiger partial charge is 0.228 e. The Balaban J connectivity index is 1.63. The molecule has 25 heavy (non-hydrogen) atoms. The Morgan fingerprint density at radius 2 is 1.96 bits per heavy atom. The number of aryl methyl sites for hydroxylation is 1. The van der Waals surface area contributed by atoms with Crippen LogP contribution in [0.1, 0.15) is 30.9 Å². The van der Waals surface area contributed by atoms with Crippen molar-refractivity contribution in [3.63, 3.8) is 0 Å². The first kappa shape index (κ1) is 17.0. The molecule has 2 amide bonds. The summed E-state index contributed by atoms with van der Waals surface area (Å²) in [5.74, 6) is 0.785. The summed E-state index contributed by atoms with van der Waals surface area (Å²) in [4.78, 5) is 23.9. The number of rotatable bonds is 5. The molecule has 2 aromatic carbocycles. The van der Waals surface area contributed by atoms with Gasteiger partial charge in [0.15, 0.2) is 0 Å². The standard InChI is InChI=1S/C20H22N2O3/c1-2-25-17-9-6-14(7-10-17)12-20(24)21-16-8-11-18-15(13-16)4-3-5-19(23)22-18/h6-11,13H,2-5,12H2,1H3,(H,21,24)(H,22,23). The summed E-state index contributed by atoms with van der Waals surface area (Å²) in [5, 5.41) is 5.82. The monoisotopic (exact) mass is 338 g/mol. The van der Waals surface area contributed by atoms with E-state index in [0.717, 1.165) is 41.1 Å². The average molecular weight is 338 g/mol. The van der Waals surface area contributed by atoms with Crippen LogP contribution in [0.3, 0.4) is 0 Å². The lowest BCUT2D eigenvalue weighted by atomic mass is 10.1. The van der Waals surface area contributed by atoms with Crippen LogP contribution < -0.4 is 15.4 Å². The second-order valence-corrected chi connectivity index (χ2v) is 6.08. The molecule has 130 valence electrons. The Labute approximate surface area is 147 Å². The molecule has 0 radical (unpaired) electrons. The van der Waals surface area contributed by atoms with Crippen molar-refractivity contribution in [2.24, 2.45) is 0 Å². The van der Waals surface area contributed by atoms with Crippen molar-refractivity contribution in [3.05, 3.63) is 53.6 Å². The lowest BCUT2D eigenvalue weighted by molar-refractivity contribution is -0.116. The van der Waals surface area contributed by atoms with Gasteiger partial charge in [0.25, 0.3) is 0 Å². The van der Waals surface area contributed by atoms with Gasteiger partial charge >= 0.3 is 0 Å². The zero-order chi connectivity index (χ0) is 17.6. The fraction of sp³-hybridized carbons (Fsp3) is 0.300. The molecule has 0 aromatic heterocycles. The summed E-state index contributed by atoms with van der Waals surface area (Å²) >= 11 is 0. The normalized spacial score (nSPS) is 13.4. The Kier molecular flexibility index (Phi) is 5.33. The highest BCUT2D eigenvalue weighted by atomic mass is 16.5. The second-order valence-electron chi connectivity index (χ2n) is 6.08. The SMILES string of the molecule is CCOc1ccc(CC(=O)Nc2ccc3c(c2)CCCC(=O)N3)cc1. The largest absolute Gasteiger partial charge is 0.494 e. The molecule has 5 heteroatoms. The average Bonchev–Trinajstić information content (AvgIpc) is 2.77. The third-order valence-corrected chi connectivity index (χ3v) is 4.11. The number of hydrogen-bond acceptors (Lipinski definition) is 3. The van der Waals surface area contributed by atoms with Gasteiger partial charge in [-0.15, -0.1) is 0 Å². The van der Waals surface area contributed by atoms with Gasteiger partial charge in [-0.05, 0) is 61.2 Å². The van der Waals surface area contributed by atoms with Gasteiger partial charge in [-0.25, -0.2) is 0 Å². The van der Waals surface area contributed by atoms with Crippen molar-refractivity contribution in [2.75, 3.05) is 17.2 Å². The molecule has 0 fully saturated rings. The Morgan fingerprint density at radius 3 is 2.72 bits per heavy atom. The Hall–Kier alpha value is -2.82. The highest BCUT2D eigenvalue weighted by Crippen LogP contribution is 2.25. The van der Waals surface area contributed by atoms with Crippen molar-refractivity contribution in [2.45, 2.75) is 32.6 Å². The molecule has 0 saturated heterocycles.